The van der Waals surface area contributed by atoms with E-state index in [1.165, 1.54) is 0 Å². The largest absolute Gasteiger partial charge is 0.381 e. The molecule has 0 aliphatic carbocycles. The van der Waals surface area contributed by atoms with E-state index < -0.39 is 0 Å². The van der Waals surface area contributed by atoms with Crippen molar-refractivity contribution < 1.29 is 9.53 Å². The van der Waals surface area contributed by atoms with Gasteiger partial charge in [0.25, 0.3) is 5.91 Å². The van der Waals surface area contributed by atoms with Crippen molar-refractivity contribution >= 4 is 16.9 Å². The SMILES string of the molecule is CC(C)COCCCNC(=O)c1cc(-c2ccccc2)nc2c1cnn2C(C)C. The fourth-order valence-electron chi connectivity index (χ4n) is 3.13. The lowest BCUT2D eigenvalue weighted by Gasteiger charge is -2.11. The second-order valence-electron chi connectivity index (χ2n) is 7.92. The average Bonchev–Trinajstić information content (AvgIpc) is 3.14. The molecular weight excluding hydrogens is 364 g/mol. The monoisotopic (exact) mass is 394 g/mol. The summed E-state index contributed by atoms with van der Waals surface area (Å²) >= 11 is 0. The lowest BCUT2D eigenvalue weighted by molar-refractivity contribution is 0.0926. The number of nitrogens with zero attached hydrogens (tertiary/aromatic N) is 3. The normalized spacial score (nSPS) is 11.5. The fourth-order valence-corrected chi connectivity index (χ4v) is 3.13. The van der Waals surface area contributed by atoms with Gasteiger partial charge in [-0.3, -0.25) is 4.79 Å². The van der Waals surface area contributed by atoms with Crippen LogP contribution in [-0.4, -0.2) is 40.4 Å². The minimum Gasteiger partial charge on any atom is -0.381 e. The van der Waals surface area contributed by atoms with Gasteiger partial charge in [0.15, 0.2) is 5.65 Å². The van der Waals surface area contributed by atoms with Crippen molar-refractivity contribution in [1.29, 1.82) is 0 Å². The van der Waals surface area contributed by atoms with Crippen molar-refractivity contribution in [3.05, 3.63) is 48.2 Å². The smallest absolute Gasteiger partial charge is 0.252 e. The zero-order valence-electron chi connectivity index (χ0n) is 17.7. The molecule has 6 nitrogen and oxygen atoms in total. The summed E-state index contributed by atoms with van der Waals surface area (Å²) in [5, 5.41) is 8.25. The Labute approximate surface area is 172 Å². The Bertz CT molecular complexity index is 948. The first-order valence-electron chi connectivity index (χ1n) is 10.3. The van der Waals surface area contributed by atoms with Gasteiger partial charge in [-0.2, -0.15) is 5.10 Å². The number of fused-ring (bicyclic) bond motifs is 1. The molecule has 1 aromatic carbocycles. The molecule has 1 amide bonds. The number of carbonyl (C=O) groups is 1. The predicted molar refractivity (Wildman–Crippen MR) is 116 cm³/mol. The molecule has 154 valence electrons. The molecule has 0 spiro atoms. The second-order valence-corrected chi connectivity index (χ2v) is 7.92. The zero-order chi connectivity index (χ0) is 20.8. The van der Waals surface area contributed by atoms with Crippen molar-refractivity contribution in [2.24, 2.45) is 5.92 Å². The van der Waals surface area contributed by atoms with Gasteiger partial charge >= 0.3 is 0 Å². The summed E-state index contributed by atoms with van der Waals surface area (Å²) in [4.78, 5) is 17.8. The molecule has 6 heteroatoms. The van der Waals surface area contributed by atoms with Crippen LogP contribution in [0, 0.1) is 5.92 Å². The maximum absolute atomic E-state index is 12.9. The summed E-state index contributed by atoms with van der Waals surface area (Å²) < 4.78 is 7.44. The Hall–Kier alpha value is -2.73. The number of hydrogen-bond acceptors (Lipinski definition) is 4. The number of hydrogen-bond donors (Lipinski definition) is 1. The molecule has 3 rings (SSSR count). The van der Waals surface area contributed by atoms with E-state index in [4.69, 9.17) is 9.72 Å². The maximum atomic E-state index is 12.9. The summed E-state index contributed by atoms with van der Waals surface area (Å²) in [5.41, 5.74) is 3.07. The molecule has 0 aliphatic heterocycles. The molecule has 0 saturated heterocycles. The molecule has 0 radical (unpaired) electrons. The molecule has 0 atom stereocenters. The highest BCUT2D eigenvalue weighted by Crippen LogP contribution is 2.26. The number of pyridine rings is 1. The Morgan fingerprint density at radius 3 is 2.62 bits per heavy atom. The summed E-state index contributed by atoms with van der Waals surface area (Å²) in [5.74, 6) is 0.408. The molecule has 1 N–H and O–H groups in total. The third-order valence-corrected chi connectivity index (χ3v) is 4.57. The van der Waals surface area contributed by atoms with E-state index in [-0.39, 0.29) is 11.9 Å². The van der Waals surface area contributed by atoms with Crippen LogP contribution in [0.3, 0.4) is 0 Å². The quantitative estimate of drug-likeness (QED) is 0.544. The molecule has 0 saturated carbocycles. The Balaban J connectivity index is 1.83. The standard InChI is InChI=1S/C23H30N4O2/c1-16(2)15-29-12-8-11-24-23(28)19-13-21(18-9-6-5-7-10-18)26-22-20(19)14-25-27(22)17(3)4/h5-7,9-10,13-14,16-17H,8,11-12,15H2,1-4H3,(H,24,28). The summed E-state index contributed by atoms with van der Waals surface area (Å²) in [6.45, 7) is 10.3. The van der Waals surface area contributed by atoms with E-state index in [2.05, 4.69) is 38.1 Å². The van der Waals surface area contributed by atoms with E-state index in [0.29, 0.717) is 24.6 Å². The van der Waals surface area contributed by atoms with Gasteiger partial charge in [0.2, 0.25) is 0 Å². The van der Waals surface area contributed by atoms with Crippen LogP contribution in [0.1, 0.15) is 50.5 Å². The highest BCUT2D eigenvalue weighted by Gasteiger charge is 2.18. The van der Waals surface area contributed by atoms with E-state index in [1.807, 2.05) is 41.1 Å². The van der Waals surface area contributed by atoms with Gasteiger partial charge in [-0.15, -0.1) is 0 Å². The fraction of sp³-hybridized carbons (Fsp3) is 0.435. The van der Waals surface area contributed by atoms with Crippen molar-refractivity contribution in [3.63, 3.8) is 0 Å². The van der Waals surface area contributed by atoms with Crippen LogP contribution in [0.4, 0.5) is 0 Å². The number of rotatable bonds is 9. The van der Waals surface area contributed by atoms with Crippen LogP contribution in [-0.2, 0) is 4.74 Å². The lowest BCUT2D eigenvalue weighted by Crippen LogP contribution is -2.25. The molecule has 2 aromatic heterocycles. The third-order valence-electron chi connectivity index (χ3n) is 4.57. The predicted octanol–water partition coefficient (Wildman–Crippen LogP) is 4.47. The van der Waals surface area contributed by atoms with Crippen LogP contribution in [0.25, 0.3) is 22.3 Å². The van der Waals surface area contributed by atoms with Crippen molar-refractivity contribution in [1.82, 2.24) is 20.1 Å². The summed E-state index contributed by atoms with van der Waals surface area (Å²) in [7, 11) is 0. The van der Waals surface area contributed by atoms with Crippen LogP contribution in [0.15, 0.2) is 42.6 Å². The summed E-state index contributed by atoms with van der Waals surface area (Å²) in [6, 6.07) is 11.9. The molecule has 0 fully saturated rings. The molecule has 2 heterocycles. The molecule has 0 bridgehead atoms. The first kappa shape index (κ1) is 21.0. The molecule has 29 heavy (non-hydrogen) atoms. The Kier molecular flexibility index (Phi) is 6.99. The van der Waals surface area contributed by atoms with Crippen molar-refractivity contribution in [2.45, 2.75) is 40.2 Å². The van der Waals surface area contributed by atoms with E-state index in [9.17, 15) is 4.79 Å². The topological polar surface area (TPSA) is 69.0 Å². The number of aromatic nitrogens is 3. The highest BCUT2D eigenvalue weighted by atomic mass is 16.5. The highest BCUT2D eigenvalue weighted by molar-refractivity contribution is 6.06. The average molecular weight is 395 g/mol. The van der Waals surface area contributed by atoms with Gasteiger partial charge in [0, 0.05) is 31.4 Å². The third kappa shape index (κ3) is 5.21. The van der Waals surface area contributed by atoms with Gasteiger partial charge in [-0.05, 0) is 32.3 Å². The number of benzene rings is 1. The van der Waals surface area contributed by atoms with E-state index >= 15 is 0 Å². The van der Waals surface area contributed by atoms with Gasteiger partial charge in [-0.1, -0.05) is 44.2 Å². The lowest BCUT2D eigenvalue weighted by atomic mass is 10.1. The number of nitrogens with one attached hydrogen (secondary N) is 1. The molecular formula is C23H30N4O2. The zero-order valence-corrected chi connectivity index (χ0v) is 17.7. The minimum atomic E-state index is -0.109. The Morgan fingerprint density at radius 1 is 1.17 bits per heavy atom. The van der Waals surface area contributed by atoms with Crippen molar-refractivity contribution in [3.8, 4) is 11.3 Å². The maximum Gasteiger partial charge on any atom is 0.252 e. The first-order valence-corrected chi connectivity index (χ1v) is 10.3. The van der Waals surface area contributed by atoms with Gasteiger partial charge < -0.3 is 10.1 Å². The van der Waals surface area contributed by atoms with E-state index in [0.717, 1.165) is 35.3 Å². The van der Waals surface area contributed by atoms with Crippen LogP contribution < -0.4 is 5.32 Å². The van der Waals surface area contributed by atoms with Gasteiger partial charge in [0.1, 0.15) is 0 Å². The Morgan fingerprint density at radius 2 is 1.93 bits per heavy atom. The minimum absolute atomic E-state index is 0.109. The van der Waals surface area contributed by atoms with Crippen LogP contribution >= 0.6 is 0 Å². The molecule has 0 unspecified atom stereocenters. The molecule has 0 aliphatic rings. The number of amides is 1. The molecule has 3 aromatic rings. The van der Waals surface area contributed by atoms with Crippen LogP contribution in [0.5, 0.6) is 0 Å². The van der Waals surface area contributed by atoms with Crippen LogP contribution in [0.2, 0.25) is 0 Å². The second kappa shape index (κ2) is 9.65. The van der Waals surface area contributed by atoms with Crippen molar-refractivity contribution in [2.75, 3.05) is 19.8 Å². The van der Waals surface area contributed by atoms with Gasteiger partial charge in [-0.25, -0.2) is 9.67 Å². The summed E-state index contributed by atoms with van der Waals surface area (Å²) in [6.07, 6.45) is 2.52. The number of ether oxygens (including phenoxy) is 1. The first-order chi connectivity index (χ1) is 14.0. The number of carbonyl (C=O) groups excluding carboxylic acids is 1. The van der Waals surface area contributed by atoms with E-state index in [1.54, 1.807) is 6.20 Å². The van der Waals surface area contributed by atoms with Gasteiger partial charge in [0.05, 0.1) is 22.8 Å².